The van der Waals surface area contributed by atoms with Gasteiger partial charge in [-0.1, -0.05) is 27.7 Å². The van der Waals surface area contributed by atoms with Crippen molar-refractivity contribution >= 4 is 0 Å². The summed E-state index contributed by atoms with van der Waals surface area (Å²) in [6, 6.07) is 0. The molecule has 0 radical (unpaired) electrons. The molecule has 1 fully saturated rings. The van der Waals surface area contributed by atoms with Crippen LogP contribution < -0.4 is 5.73 Å². The summed E-state index contributed by atoms with van der Waals surface area (Å²) in [5.74, 6) is 0. The Morgan fingerprint density at radius 2 is 1.47 bits per heavy atom. The van der Waals surface area contributed by atoms with Crippen molar-refractivity contribution in [3.05, 3.63) is 0 Å². The third-order valence-electron chi connectivity index (χ3n) is 4.62. The van der Waals surface area contributed by atoms with E-state index >= 15 is 0 Å². The fourth-order valence-electron chi connectivity index (χ4n) is 2.75. The molecule has 0 saturated heterocycles. The number of rotatable bonds is 3. The van der Waals surface area contributed by atoms with Crippen LogP contribution in [0.3, 0.4) is 0 Å². The van der Waals surface area contributed by atoms with Crippen LogP contribution in [0.1, 0.15) is 66.2 Å². The minimum atomic E-state index is -0.633. The average Bonchev–Trinajstić information content (AvgIpc) is 2.21. The Morgan fingerprint density at radius 3 is 1.80 bits per heavy atom. The monoisotopic (exact) mass is 213 g/mol. The molecular formula is C13H27NO. The van der Waals surface area contributed by atoms with Crippen molar-refractivity contribution in [3.63, 3.8) is 0 Å². The predicted molar refractivity (Wildman–Crippen MR) is 64.7 cm³/mol. The maximum absolute atomic E-state index is 10.7. The van der Waals surface area contributed by atoms with Crippen molar-refractivity contribution < 1.29 is 5.11 Å². The van der Waals surface area contributed by atoms with Gasteiger partial charge in [0, 0.05) is 5.54 Å². The van der Waals surface area contributed by atoms with Crippen LogP contribution in [-0.4, -0.2) is 16.2 Å². The van der Waals surface area contributed by atoms with Crippen molar-refractivity contribution in [2.75, 3.05) is 0 Å². The van der Waals surface area contributed by atoms with Gasteiger partial charge in [0.2, 0.25) is 0 Å². The second-order valence-electron chi connectivity index (χ2n) is 6.06. The van der Waals surface area contributed by atoms with Crippen molar-refractivity contribution in [1.29, 1.82) is 0 Å². The lowest BCUT2D eigenvalue weighted by molar-refractivity contribution is -0.0875. The maximum atomic E-state index is 10.7. The summed E-state index contributed by atoms with van der Waals surface area (Å²) in [5, 5.41) is 10.7. The van der Waals surface area contributed by atoms with E-state index < -0.39 is 5.60 Å². The number of nitrogens with two attached hydrogens (primary N) is 1. The van der Waals surface area contributed by atoms with Crippen molar-refractivity contribution in [2.45, 2.75) is 77.4 Å². The van der Waals surface area contributed by atoms with E-state index in [-0.39, 0.29) is 5.54 Å². The van der Waals surface area contributed by atoms with Crippen LogP contribution in [0.5, 0.6) is 0 Å². The molecule has 0 heterocycles. The van der Waals surface area contributed by atoms with E-state index in [2.05, 4.69) is 27.7 Å². The van der Waals surface area contributed by atoms with Crippen LogP contribution in [0, 0.1) is 5.41 Å². The number of hydrogen-bond donors (Lipinski definition) is 2. The molecular weight excluding hydrogens is 186 g/mol. The van der Waals surface area contributed by atoms with Gasteiger partial charge in [-0.05, 0) is 43.9 Å². The highest BCUT2D eigenvalue weighted by Gasteiger charge is 2.48. The first-order valence-corrected chi connectivity index (χ1v) is 6.30. The smallest absolute Gasteiger partial charge is 0.0826 e. The Kier molecular flexibility index (Phi) is 3.52. The second-order valence-corrected chi connectivity index (χ2v) is 6.06. The largest absolute Gasteiger partial charge is 0.388 e. The first kappa shape index (κ1) is 13.0. The van der Waals surface area contributed by atoms with E-state index in [4.69, 9.17) is 5.73 Å². The van der Waals surface area contributed by atoms with Gasteiger partial charge in [-0.15, -0.1) is 0 Å². The first-order valence-electron chi connectivity index (χ1n) is 6.30. The quantitative estimate of drug-likeness (QED) is 0.757. The van der Waals surface area contributed by atoms with E-state index in [9.17, 15) is 5.11 Å². The molecule has 0 atom stereocenters. The molecule has 0 aromatic rings. The SMILES string of the molecule is CCC(N)(CC)C1(O)CCC(C)(C)CC1. The van der Waals surface area contributed by atoms with Gasteiger partial charge in [0.15, 0.2) is 0 Å². The van der Waals surface area contributed by atoms with Gasteiger partial charge in [0.25, 0.3) is 0 Å². The summed E-state index contributed by atoms with van der Waals surface area (Å²) >= 11 is 0. The van der Waals surface area contributed by atoms with Crippen LogP contribution >= 0.6 is 0 Å². The average molecular weight is 213 g/mol. The van der Waals surface area contributed by atoms with Gasteiger partial charge in [-0.25, -0.2) is 0 Å². The lowest BCUT2D eigenvalue weighted by atomic mass is 9.63. The van der Waals surface area contributed by atoms with Crippen molar-refractivity contribution in [1.82, 2.24) is 0 Å². The Morgan fingerprint density at radius 1 is 1.07 bits per heavy atom. The molecule has 2 heteroatoms. The van der Waals surface area contributed by atoms with Crippen LogP contribution in [0.2, 0.25) is 0 Å². The molecule has 1 aliphatic carbocycles. The fourth-order valence-corrected chi connectivity index (χ4v) is 2.75. The molecule has 0 unspecified atom stereocenters. The van der Waals surface area contributed by atoms with E-state index in [0.29, 0.717) is 5.41 Å². The summed E-state index contributed by atoms with van der Waals surface area (Å²) in [4.78, 5) is 0. The van der Waals surface area contributed by atoms with Crippen LogP contribution in [-0.2, 0) is 0 Å². The van der Waals surface area contributed by atoms with Gasteiger partial charge in [0.05, 0.1) is 5.60 Å². The molecule has 90 valence electrons. The molecule has 2 nitrogen and oxygen atoms in total. The lowest BCUT2D eigenvalue weighted by Gasteiger charge is -2.50. The highest BCUT2D eigenvalue weighted by atomic mass is 16.3. The van der Waals surface area contributed by atoms with Gasteiger partial charge in [0.1, 0.15) is 0 Å². The highest BCUT2D eigenvalue weighted by Crippen LogP contribution is 2.45. The Bertz CT molecular complexity index is 209. The third-order valence-corrected chi connectivity index (χ3v) is 4.62. The molecule has 1 saturated carbocycles. The summed E-state index contributed by atoms with van der Waals surface area (Å²) < 4.78 is 0. The molecule has 0 spiro atoms. The van der Waals surface area contributed by atoms with Gasteiger partial charge in [-0.3, -0.25) is 0 Å². The molecule has 0 aliphatic heterocycles. The molecule has 0 amide bonds. The normalized spacial score (nSPS) is 25.2. The van der Waals surface area contributed by atoms with E-state index in [1.165, 1.54) is 0 Å². The molecule has 1 rings (SSSR count). The summed E-state index contributed by atoms with van der Waals surface area (Å²) in [6.45, 7) is 8.73. The second kappa shape index (κ2) is 4.06. The summed E-state index contributed by atoms with van der Waals surface area (Å²) in [5.41, 5.74) is 5.71. The van der Waals surface area contributed by atoms with Gasteiger partial charge in [-0.2, -0.15) is 0 Å². The summed E-state index contributed by atoms with van der Waals surface area (Å²) in [7, 11) is 0. The molecule has 15 heavy (non-hydrogen) atoms. The van der Waals surface area contributed by atoms with Crippen molar-refractivity contribution in [3.8, 4) is 0 Å². The molecule has 3 N–H and O–H groups in total. The van der Waals surface area contributed by atoms with Crippen LogP contribution in [0.4, 0.5) is 0 Å². The van der Waals surface area contributed by atoms with E-state index in [1.807, 2.05) is 0 Å². The molecule has 0 aromatic heterocycles. The van der Waals surface area contributed by atoms with E-state index in [1.54, 1.807) is 0 Å². The maximum Gasteiger partial charge on any atom is 0.0826 e. The van der Waals surface area contributed by atoms with Crippen LogP contribution in [0.25, 0.3) is 0 Å². The number of hydrogen-bond acceptors (Lipinski definition) is 2. The zero-order valence-electron chi connectivity index (χ0n) is 10.8. The molecule has 0 bridgehead atoms. The zero-order chi connectivity index (χ0) is 11.7. The highest BCUT2D eigenvalue weighted by molar-refractivity contribution is 5.05. The molecule has 1 aliphatic rings. The van der Waals surface area contributed by atoms with Crippen molar-refractivity contribution in [2.24, 2.45) is 11.1 Å². The van der Waals surface area contributed by atoms with E-state index in [0.717, 1.165) is 38.5 Å². The van der Waals surface area contributed by atoms with Gasteiger partial charge >= 0.3 is 0 Å². The predicted octanol–water partition coefficient (Wildman–Crippen LogP) is 2.84. The Hall–Kier alpha value is -0.0800. The Balaban J connectivity index is 2.77. The topological polar surface area (TPSA) is 46.2 Å². The number of aliphatic hydroxyl groups is 1. The first-order chi connectivity index (χ1) is 6.79. The van der Waals surface area contributed by atoms with Crippen LogP contribution in [0.15, 0.2) is 0 Å². The fraction of sp³-hybridized carbons (Fsp3) is 1.00. The van der Waals surface area contributed by atoms with Gasteiger partial charge < -0.3 is 10.8 Å². The summed E-state index contributed by atoms with van der Waals surface area (Å²) in [6.07, 6.45) is 5.61. The third kappa shape index (κ3) is 2.36. The minimum absolute atomic E-state index is 0.384. The molecule has 0 aromatic carbocycles. The zero-order valence-corrected chi connectivity index (χ0v) is 10.8. The lowest BCUT2D eigenvalue weighted by Crippen LogP contribution is -2.61. The minimum Gasteiger partial charge on any atom is -0.388 e. The standard InChI is InChI=1S/C13H27NO/c1-5-12(14,6-2)13(15)9-7-11(3,4)8-10-13/h15H,5-10,14H2,1-4H3. The Labute approximate surface area is 94.2 Å².